The van der Waals surface area contributed by atoms with Gasteiger partial charge in [0.15, 0.2) is 0 Å². The molecule has 1 saturated heterocycles. The Balaban J connectivity index is 1.68. The topological polar surface area (TPSA) is 42.7 Å². The van der Waals surface area contributed by atoms with Crippen LogP contribution in [0.3, 0.4) is 0 Å². The van der Waals surface area contributed by atoms with Gasteiger partial charge in [0.1, 0.15) is 11.3 Å². The van der Waals surface area contributed by atoms with Crippen LogP contribution < -0.4 is 4.74 Å². The van der Waals surface area contributed by atoms with E-state index in [4.69, 9.17) is 9.15 Å². The van der Waals surface area contributed by atoms with Gasteiger partial charge < -0.3 is 14.1 Å². The molecule has 2 fully saturated rings. The minimum atomic E-state index is 0.151. The number of ether oxygens (including phenoxy) is 1. The van der Waals surface area contributed by atoms with Crippen molar-refractivity contribution in [2.24, 2.45) is 5.92 Å². The molecule has 2 aromatic rings. The Hall–Kier alpha value is -2.23. The van der Waals surface area contributed by atoms with Crippen LogP contribution in [0.2, 0.25) is 0 Å². The Labute approximate surface area is 167 Å². The van der Waals surface area contributed by atoms with Crippen molar-refractivity contribution in [1.29, 1.82) is 0 Å². The van der Waals surface area contributed by atoms with Crippen molar-refractivity contribution in [1.82, 2.24) is 4.90 Å². The van der Waals surface area contributed by atoms with E-state index in [1.165, 1.54) is 25.7 Å². The predicted molar refractivity (Wildman–Crippen MR) is 113 cm³/mol. The molecule has 1 saturated carbocycles. The number of carbonyl (C=O) groups is 1. The van der Waals surface area contributed by atoms with Crippen LogP contribution in [0.5, 0.6) is 5.75 Å². The number of piperidine rings is 1. The summed E-state index contributed by atoms with van der Waals surface area (Å²) in [5.74, 6) is 1.64. The van der Waals surface area contributed by atoms with Crippen molar-refractivity contribution < 1.29 is 13.9 Å². The normalized spacial score (nSPS) is 23.0. The van der Waals surface area contributed by atoms with Gasteiger partial charge in [-0.15, -0.1) is 0 Å². The minimum absolute atomic E-state index is 0.151. The van der Waals surface area contributed by atoms with E-state index in [2.05, 4.69) is 11.0 Å². The highest BCUT2D eigenvalue weighted by Crippen LogP contribution is 2.38. The second-order valence-electron chi connectivity index (χ2n) is 8.49. The molecule has 0 bridgehead atoms. The van der Waals surface area contributed by atoms with Gasteiger partial charge in [-0.3, -0.25) is 4.79 Å². The average molecular weight is 382 g/mol. The molecule has 4 nitrogen and oxygen atoms in total. The van der Waals surface area contributed by atoms with Crippen LogP contribution in [0.1, 0.15) is 62.1 Å². The molecule has 28 heavy (non-hydrogen) atoms. The Morgan fingerprint density at radius 3 is 2.75 bits per heavy atom. The SMILES string of the molecule is COc1c(/C(C)=C/C(=O)N2CCCC3CCCCC32)cc2c(C)coc2c1C. The summed E-state index contributed by atoms with van der Waals surface area (Å²) in [6.07, 6.45) is 11.0. The fourth-order valence-electron chi connectivity index (χ4n) is 5.24. The van der Waals surface area contributed by atoms with Gasteiger partial charge in [0, 0.05) is 35.2 Å². The van der Waals surface area contributed by atoms with Gasteiger partial charge in [0.25, 0.3) is 0 Å². The minimum Gasteiger partial charge on any atom is -0.496 e. The van der Waals surface area contributed by atoms with Crippen LogP contribution >= 0.6 is 0 Å². The van der Waals surface area contributed by atoms with E-state index in [0.717, 1.165) is 58.4 Å². The maximum atomic E-state index is 13.2. The number of likely N-dealkylation sites (tertiary alicyclic amines) is 1. The number of hydrogen-bond acceptors (Lipinski definition) is 3. The first-order chi connectivity index (χ1) is 13.5. The standard InChI is InChI=1S/C24H31NO3/c1-15(12-22(26)25-11-7-9-18-8-5-6-10-21(18)25)19-13-20-16(2)14-28-24(20)17(3)23(19)27-4/h12-14,18,21H,5-11H2,1-4H3/b15-12+. The zero-order valence-electron chi connectivity index (χ0n) is 17.5. The van der Waals surface area contributed by atoms with E-state index in [9.17, 15) is 4.79 Å². The first-order valence-electron chi connectivity index (χ1n) is 10.6. The maximum Gasteiger partial charge on any atom is 0.247 e. The van der Waals surface area contributed by atoms with Gasteiger partial charge in [-0.1, -0.05) is 12.8 Å². The number of aryl methyl sites for hydroxylation is 2. The molecule has 0 radical (unpaired) electrons. The molecule has 2 heterocycles. The predicted octanol–water partition coefficient (Wildman–Crippen LogP) is 5.64. The highest BCUT2D eigenvalue weighted by Gasteiger charge is 2.35. The molecular formula is C24H31NO3. The summed E-state index contributed by atoms with van der Waals surface area (Å²) in [4.78, 5) is 15.3. The van der Waals surface area contributed by atoms with E-state index in [1.54, 1.807) is 13.4 Å². The van der Waals surface area contributed by atoms with E-state index in [-0.39, 0.29) is 5.91 Å². The van der Waals surface area contributed by atoms with Crippen molar-refractivity contribution in [3.63, 3.8) is 0 Å². The second kappa shape index (κ2) is 7.65. The smallest absolute Gasteiger partial charge is 0.247 e. The van der Waals surface area contributed by atoms with Crippen LogP contribution in [-0.2, 0) is 4.79 Å². The molecule has 0 spiro atoms. The molecule has 2 aliphatic rings. The molecule has 2 atom stereocenters. The van der Waals surface area contributed by atoms with E-state index >= 15 is 0 Å². The summed E-state index contributed by atoms with van der Waals surface area (Å²) in [5, 5.41) is 1.08. The van der Waals surface area contributed by atoms with E-state index in [1.807, 2.05) is 26.8 Å². The molecule has 1 amide bonds. The molecule has 1 aromatic carbocycles. The van der Waals surface area contributed by atoms with Crippen LogP contribution in [0.25, 0.3) is 16.5 Å². The monoisotopic (exact) mass is 381 g/mol. The molecule has 1 aliphatic carbocycles. The van der Waals surface area contributed by atoms with E-state index in [0.29, 0.717) is 12.0 Å². The second-order valence-corrected chi connectivity index (χ2v) is 8.49. The summed E-state index contributed by atoms with van der Waals surface area (Å²) in [6, 6.07) is 2.53. The van der Waals surface area contributed by atoms with Gasteiger partial charge in [-0.2, -0.15) is 0 Å². The van der Waals surface area contributed by atoms with Gasteiger partial charge in [0.2, 0.25) is 5.91 Å². The van der Waals surface area contributed by atoms with Crippen LogP contribution in [0.4, 0.5) is 0 Å². The highest BCUT2D eigenvalue weighted by atomic mass is 16.5. The number of furan rings is 1. The summed E-state index contributed by atoms with van der Waals surface area (Å²) in [6.45, 7) is 6.96. The zero-order chi connectivity index (χ0) is 19.8. The van der Waals surface area contributed by atoms with Crippen molar-refractivity contribution in [3.8, 4) is 5.75 Å². The van der Waals surface area contributed by atoms with Gasteiger partial charge in [-0.05, 0) is 69.6 Å². The lowest BCUT2D eigenvalue weighted by atomic mass is 9.78. The largest absolute Gasteiger partial charge is 0.496 e. The molecule has 4 heteroatoms. The third-order valence-electron chi connectivity index (χ3n) is 6.73. The summed E-state index contributed by atoms with van der Waals surface area (Å²) < 4.78 is 11.4. The van der Waals surface area contributed by atoms with Crippen molar-refractivity contribution in [2.45, 2.75) is 65.3 Å². The number of hydrogen-bond donors (Lipinski definition) is 0. The molecule has 4 rings (SSSR count). The first kappa shape index (κ1) is 19.1. The first-order valence-corrected chi connectivity index (χ1v) is 10.6. The fraction of sp³-hybridized carbons (Fsp3) is 0.542. The number of fused-ring (bicyclic) bond motifs is 2. The number of benzene rings is 1. The molecule has 1 aromatic heterocycles. The van der Waals surface area contributed by atoms with Crippen molar-refractivity contribution in [3.05, 3.63) is 35.1 Å². The lowest BCUT2D eigenvalue weighted by molar-refractivity contribution is -0.132. The van der Waals surface area contributed by atoms with Gasteiger partial charge in [0.05, 0.1) is 13.4 Å². The Kier molecular flexibility index (Phi) is 5.22. The number of nitrogens with zero attached hydrogens (tertiary/aromatic N) is 1. The number of methoxy groups -OCH3 is 1. The quantitative estimate of drug-likeness (QED) is 0.646. The molecule has 2 unspecified atom stereocenters. The van der Waals surface area contributed by atoms with E-state index < -0.39 is 0 Å². The van der Waals surface area contributed by atoms with Crippen LogP contribution in [-0.4, -0.2) is 30.5 Å². The third-order valence-corrected chi connectivity index (χ3v) is 6.73. The van der Waals surface area contributed by atoms with Gasteiger partial charge in [-0.25, -0.2) is 0 Å². The number of amides is 1. The fourth-order valence-corrected chi connectivity index (χ4v) is 5.24. The number of rotatable bonds is 3. The summed E-state index contributed by atoms with van der Waals surface area (Å²) in [7, 11) is 1.68. The lowest BCUT2D eigenvalue weighted by Crippen LogP contribution is -2.49. The number of carbonyl (C=O) groups excluding carboxylic acids is 1. The zero-order valence-corrected chi connectivity index (χ0v) is 17.5. The van der Waals surface area contributed by atoms with Crippen LogP contribution in [0, 0.1) is 19.8 Å². The number of allylic oxidation sites excluding steroid dienone is 1. The van der Waals surface area contributed by atoms with Gasteiger partial charge >= 0.3 is 0 Å². The third kappa shape index (κ3) is 3.23. The van der Waals surface area contributed by atoms with Crippen molar-refractivity contribution in [2.75, 3.05) is 13.7 Å². The Bertz CT molecular complexity index is 922. The molecule has 1 aliphatic heterocycles. The maximum absolute atomic E-state index is 13.2. The molecule has 150 valence electrons. The highest BCUT2D eigenvalue weighted by molar-refractivity contribution is 5.98. The van der Waals surface area contributed by atoms with Crippen LogP contribution in [0.15, 0.2) is 22.8 Å². The lowest BCUT2D eigenvalue weighted by Gasteiger charge is -2.43. The Morgan fingerprint density at radius 2 is 1.96 bits per heavy atom. The average Bonchev–Trinajstić information content (AvgIpc) is 3.08. The summed E-state index contributed by atoms with van der Waals surface area (Å²) >= 11 is 0. The Morgan fingerprint density at radius 1 is 1.21 bits per heavy atom. The molecular weight excluding hydrogens is 350 g/mol. The summed E-state index contributed by atoms with van der Waals surface area (Å²) in [5.41, 5.74) is 4.86. The van der Waals surface area contributed by atoms with Crippen molar-refractivity contribution >= 4 is 22.4 Å². The molecule has 0 N–H and O–H groups in total.